The lowest BCUT2D eigenvalue weighted by molar-refractivity contribution is 0.991. The highest BCUT2D eigenvalue weighted by molar-refractivity contribution is 6.29. The summed E-state index contributed by atoms with van der Waals surface area (Å²) in [5, 5.41) is 24.6. The number of benzene rings is 5. The third kappa shape index (κ3) is 3.08. The number of nitrogens with zero attached hydrogens (tertiary/aromatic N) is 6. The Labute approximate surface area is 228 Å². The Hall–Kier alpha value is -5.98. The quantitative estimate of drug-likeness (QED) is 0.230. The highest BCUT2D eigenvalue weighted by Gasteiger charge is 2.21. The van der Waals surface area contributed by atoms with Gasteiger partial charge in [-0.1, -0.05) is 42.5 Å². The first-order valence-corrected chi connectivity index (χ1v) is 12.9. The molecule has 0 saturated carbocycles. The van der Waals surface area contributed by atoms with Crippen LogP contribution in [0.4, 0.5) is 0 Å². The fourth-order valence-electron chi connectivity index (χ4n) is 5.91. The Morgan fingerprint density at radius 1 is 0.625 bits per heavy atom. The molecule has 0 atom stereocenters. The van der Waals surface area contributed by atoms with Crippen molar-refractivity contribution in [1.82, 2.24) is 19.1 Å². The first kappa shape index (κ1) is 22.0. The molecule has 3 heterocycles. The summed E-state index contributed by atoms with van der Waals surface area (Å²) in [7, 11) is 0. The molecule has 0 amide bonds. The first-order valence-electron chi connectivity index (χ1n) is 12.9. The number of rotatable bonds is 3. The molecule has 0 aliphatic heterocycles. The summed E-state index contributed by atoms with van der Waals surface area (Å²) in [5.41, 5.74) is 6.72. The number of para-hydroxylation sites is 1. The second-order valence-corrected chi connectivity index (χ2v) is 9.85. The number of fused-ring (bicyclic) bond motifs is 2. The summed E-state index contributed by atoms with van der Waals surface area (Å²) >= 11 is 0. The van der Waals surface area contributed by atoms with Gasteiger partial charge < -0.3 is 4.57 Å². The van der Waals surface area contributed by atoms with E-state index in [2.05, 4.69) is 94.2 Å². The topological polar surface area (TPSA) is 83.2 Å². The predicted molar refractivity (Wildman–Crippen MR) is 157 cm³/mol. The highest BCUT2D eigenvalue weighted by atomic mass is 15.1. The summed E-state index contributed by atoms with van der Waals surface area (Å²) < 4.78 is 4.38. The van der Waals surface area contributed by atoms with Crippen molar-refractivity contribution in [3.8, 4) is 34.9 Å². The maximum absolute atomic E-state index is 9.39. The van der Waals surface area contributed by atoms with Gasteiger partial charge in [-0.25, -0.2) is 9.97 Å². The molecule has 6 heteroatoms. The van der Waals surface area contributed by atoms with Crippen molar-refractivity contribution in [2.75, 3.05) is 0 Å². The van der Waals surface area contributed by atoms with Gasteiger partial charge in [-0.3, -0.25) is 4.57 Å². The van der Waals surface area contributed by atoms with Gasteiger partial charge in [0.05, 0.1) is 39.8 Å². The van der Waals surface area contributed by atoms with E-state index in [4.69, 9.17) is 9.97 Å². The Morgan fingerprint density at radius 3 is 2.15 bits per heavy atom. The molecule has 8 aromatic rings. The minimum atomic E-state index is 0.429. The fraction of sp³-hybridized carbons (Fsp3) is 0. The molecule has 184 valence electrons. The van der Waals surface area contributed by atoms with Crippen molar-refractivity contribution >= 4 is 43.5 Å². The van der Waals surface area contributed by atoms with Gasteiger partial charge in [0, 0.05) is 51.4 Å². The molecule has 40 heavy (non-hydrogen) atoms. The third-order valence-electron chi connectivity index (χ3n) is 7.62. The standard InChI is InChI=1S/C34H18N6/c35-17-21-13-22(18-36)15-25(14-21)26-19-37-34(38-20-26)40-29-8-4-5-23-9-10-28-32(31(23)29)30(40)16-24-11-12-39(33(24)28)27-6-2-1-3-7-27/h1-16,19-20H. The minimum Gasteiger partial charge on any atom is -0.316 e. The third-order valence-corrected chi connectivity index (χ3v) is 7.62. The fourth-order valence-corrected chi connectivity index (χ4v) is 5.91. The maximum Gasteiger partial charge on any atom is 0.234 e. The Morgan fingerprint density at radius 2 is 1.40 bits per heavy atom. The number of nitriles is 2. The Bertz CT molecular complexity index is 2300. The number of hydrogen-bond acceptors (Lipinski definition) is 4. The van der Waals surface area contributed by atoms with Gasteiger partial charge in [-0.05, 0) is 59.5 Å². The second kappa shape index (κ2) is 8.26. The Balaban J connectivity index is 1.38. The van der Waals surface area contributed by atoms with Crippen LogP contribution in [0.25, 0.3) is 66.2 Å². The molecule has 0 aliphatic rings. The highest BCUT2D eigenvalue weighted by Crippen LogP contribution is 2.42. The average molecular weight is 511 g/mol. The largest absolute Gasteiger partial charge is 0.316 e. The molecular weight excluding hydrogens is 492 g/mol. The van der Waals surface area contributed by atoms with Crippen molar-refractivity contribution in [2.45, 2.75) is 0 Å². The molecule has 0 aliphatic carbocycles. The minimum absolute atomic E-state index is 0.429. The zero-order valence-corrected chi connectivity index (χ0v) is 21.1. The zero-order chi connectivity index (χ0) is 26.8. The lowest BCUT2D eigenvalue weighted by Gasteiger charge is -2.10. The zero-order valence-electron chi connectivity index (χ0n) is 21.1. The summed E-state index contributed by atoms with van der Waals surface area (Å²) in [6.45, 7) is 0. The van der Waals surface area contributed by atoms with Crippen LogP contribution in [-0.4, -0.2) is 19.1 Å². The molecule has 0 saturated heterocycles. The van der Waals surface area contributed by atoms with Crippen LogP contribution in [0.15, 0.2) is 110 Å². The SMILES string of the molecule is N#Cc1cc(C#N)cc(-c2cnc(-n3c4cccc5ccc6c(c54)c3cc3ccn(-c4ccccc4)c36)nc2)c1. The van der Waals surface area contributed by atoms with Crippen LogP contribution in [-0.2, 0) is 0 Å². The van der Waals surface area contributed by atoms with Gasteiger partial charge in [0.25, 0.3) is 0 Å². The second-order valence-electron chi connectivity index (χ2n) is 9.85. The van der Waals surface area contributed by atoms with Gasteiger partial charge in [-0.2, -0.15) is 10.5 Å². The van der Waals surface area contributed by atoms with Crippen LogP contribution in [0.5, 0.6) is 0 Å². The van der Waals surface area contributed by atoms with Crippen molar-refractivity contribution in [3.63, 3.8) is 0 Å². The molecule has 3 aromatic heterocycles. The monoisotopic (exact) mass is 510 g/mol. The molecule has 0 spiro atoms. The van der Waals surface area contributed by atoms with E-state index < -0.39 is 0 Å². The first-order chi connectivity index (χ1) is 19.7. The van der Waals surface area contributed by atoms with Crippen LogP contribution in [0.2, 0.25) is 0 Å². The number of aromatic nitrogens is 4. The summed E-state index contributed by atoms with van der Waals surface area (Å²) in [5.74, 6) is 0.563. The van der Waals surface area contributed by atoms with Crippen molar-refractivity contribution in [3.05, 3.63) is 121 Å². The van der Waals surface area contributed by atoms with E-state index in [-0.39, 0.29) is 0 Å². The van der Waals surface area contributed by atoms with E-state index in [0.717, 1.165) is 33.2 Å². The molecule has 6 nitrogen and oxygen atoms in total. The molecule has 8 rings (SSSR count). The molecular formula is C34H18N6. The van der Waals surface area contributed by atoms with Crippen molar-refractivity contribution < 1.29 is 0 Å². The van der Waals surface area contributed by atoms with Crippen LogP contribution >= 0.6 is 0 Å². The van der Waals surface area contributed by atoms with Gasteiger partial charge in [0.2, 0.25) is 5.95 Å². The van der Waals surface area contributed by atoms with E-state index in [1.54, 1.807) is 30.6 Å². The van der Waals surface area contributed by atoms with E-state index in [9.17, 15) is 10.5 Å². The van der Waals surface area contributed by atoms with E-state index >= 15 is 0 Å². The molecule has 0 fully saturated rings. The van der Waals surface area contributed by atoms with Gasteiger partial charge >= 0.3 is 0 Å². The lowest BCUT2D eigenvalue weighted by atomic mass is 10.0. The lowest BCUT2D eigenvalue weighted by Crippen LogP contribution is -2.01. The summed E-state index contributed by atoms with van der Waals surface area (Å²) in [6, 6.07) is 34.8. The molecule has 0 radical (unpaired) electrons. The molecule has 0 N–H and O–H groups in total. The van der Waals surface area contributed by atoms with Crippen molar-refractivity contribution in [1.29, 1.82) is 10.5 Å². The molecule has 0 bridgehead atoms. The summed E-state index contributed by atoms with van der Waals surface area (Å²) in [6.07, 6.45) is 5.64. The van der Waals surface area contributed by atoms with Crippen LogP contribution < -0.4 is 0 Å². The normalized spacial score (nSPS) is 11.4. The van der Waals surface area contributed by atoms with Crippen LogP contribution in [0.3, 0.4) is 0 Å². The predicted octanol–water partition coefficient (Wildman–Crippen LogP) is 7.52. The van der Waals surface area contributed by atoms with E-state index in [1.807, 2.05) is 6.07 Å². The van der Waals surface area contributed by atoms with Gasteiger partial charge in [0.1, 0.15) is 0 Å². The van der Waals surface area contributed by atoms with Crippen LogP contribution in [0.1, 0.15) is 11.1 Å². The molecule has 5 aromatic carbocycles. The summed E-state index contributed by atoms with van der Waals surface area (Å²) in [4.78, 5) is 9.56. The van der Waals surface area contributed by atoms with E-state index in [0.29, 0.717) is 17.1 Å². The molecule has 0 unspecified atom stereocenters. The van der Waals surface area contributed by atoms with Crippen LogP contribution in [0, 0.1) is 22.7 Å². The Kier molecular flexibility index (Phi) is 4.55. The average Bonchev–Trinajstić information content (AvgIpc) is 3.60. The van der Waals surface area contributed by atoms with Gasteiger partial charge in [0.15, 0.2) is 0 Å². The number of hydrogen-bond donors (Lipinski definition) is 0. The van der Waals surface area contributed by atoms with Gasteiger partial charge in [-0.15, -0.1) is 0 Å². The van der Waals surface area contributed by atoms with Crippen molar-refractivity contribution in [2.24, 2.45) is 0 Å². The smallest absolute Gasteiger partial charge is 0.234 e. The maximum atomic E-state index is 9.39. The van der Waals surface area contributed by atoms with E-state index in [1.165, 1.54) is 27.1 Å².